The predicted molar refractivity (Wildman–Crippen MR) is 114 cm³/mol. The smallest absolute Gasteiger partial charge is 0.330 e. The van der Waals surface area contributed by atoms with Gasteiger partial charge >= 0.3 is 5.97 Å². The van der Waals surface area contributed by atoms with Gasteiger partial charge in [0.05, 0.1) is 30.5 Å². The molecule has 0 unspecified atom stereocenters. The minimum Gasteiger partial charge on any atom is -0.456 e. The summed E-state index contributed by atoms with van der Waals surface area (Å²) in [5, 5.41) is 20.8. The molecule has 6 nitrogen and oxygen atoms in total. The molecular weight excluding hydrogens is 384 g/mol. The van der Waals surface area contributed by atoms with Gasteiger partial charge in [-0.3, -0.25) is 0 Å². The molecule has 168 valence electrons. The number of aliphatic hydroxyl groups excluding tert-OH is 2. The summed E-state index contributed by atoms with van der Waals surface area (Å²) in [5.74, 6) is -0.0732. The average molecular weight is 421 g/mol. The SMILES string of the molecule is C=C1C[C@H](C)C[C@@H]2CC=C[C@@H](C/C=C\C(=O)O[C@H]([C@@H](O)CC)C[C@@H]3O[C@H]3[C@@H](O)C1)O2. The maximum absolute atomic E-state index is 12.3. The molecule has 3 rings (SSSR count). The number of carbonyl (C=O) groups excluding carboxylic acids is 1. The Morgan fingerprint density at radius 3 is 2.77 bits per heavy atom. The van der Waals surface area contributed by atoms with E-state index >= 15 is 0 Å². The molecule has 0 aliphatic carbocycles. The Morgan fingerprint density at radius 1 is 1.20 bits per heavy atom. The van der Waals surface area contributed by atoms with Crippen molar-refractivity contribution in [2.75, 3.05) is 0 Å². The van der Waals surface area contributed by atoms with Crippen LogP contribution in [0.4, 0.5) is 0 Å². The Balaban J connectivity index is 1.70. The molecule has 0 aromatic carbocycles. The maximum Gasteiger partial charge on any atom is 0.330 e. The lowest BCUT2D eigenvalue weighted by Crippen LogP contribution is -2.33. The summed E-state index contributed by atoms with van der Waals surface area (Å²) in [7, 11) is 0. The number of carbonyl (C=O) groups is 1. The monoisotopic (exact) mass is 420 g/mol. The van der Waals surface area contributed by atoms with E-state index in [2.05, 4.69) is 19.6 Å². The molecule has 0 amide bonds. The van der Waals surface area contributed by atoms with E-state index in [4.69, 9.17) is 14.2 Å². The van der Waals surface area contributed by atoms with Gasteiger partial charge in [0.15, 0.2) is 0 Å². The van der Waals surface area contributed by atoms with Crippen LogP contribution in [0.15, 0.2) is 36.5 Å². The van der Waals surface area contributed by atoms with Gasteiger partial charge in [-0.1, -0.05) is 44.2 Å². The first kappa shape index (κ1) is 23.2. The van der Waals surface area contributed by atoms with Crippen molar-refractivity contribution in [1.29, 1.82) is 0 Å². The molecule has 6 heteroatoms. The van der Waals surface area contributed by atoms with Crippen LogP contribution in [-0.4, -0.2) is 58.9 Å². The highest BCUT2D eigenvalue weighted by Crippen LogP contribution is 2.34. The highest BCUT2D eigenvalue weighted by atomic mass is 16.6. The molecule has 1 fully saturated rings. The van der Waals surface area contributed by atoms with Crippen LogP contribution in [0, 0.1) is 5.92 Å². The lowest BCUT2D eigenvalue weighted by Gasteiger charge is -2.28. The zero-order chi connectivity index (χ0) is 21.7. The van der Waals surface area contributed by atoms with E-state index in [-0.39, 0.29) is 24.4 Å². The van der Waals surface area contributed by atoms with Crippen molar-refractivity contribution in [2.45, 2.75) is 102 Å². The summed E-state index contributed by atoms with van der Waals surface area (Å²) in [5.41, 5.74) is 1.01. The van der Waals surface area contributed by atoms with E-state index in [0.717, 1.165) is 24.8 Å². The Labute approximate surface area is 179 Å². The lowest BCUT2D eigenvalue weighted by molar-refractivity contribution is -0.149. The van der Waals surface area contributed by atoms with Crippen LogP contribution >= 0.6 is 0 Å². The zero-order valence-corrected chi connectivity index (χ0v) is 18.1. The topological polar surface area (TPSA) is 88.5 Å². The van der Waals surface area contributed by atoms with Crippen LogP contribution in [0.3, 0.4) is 0 Å². The van der Waals surface area contributed by atoms with Crippen LogP contribution in [0.1, 0.15) is 58.8 Å². The fourth-order valence-electron chi connectivity index (χ4n) is 4.48. The second kappa shape index (κ2) is 10.7. The summed E-state index contributed by atoms with van der Waals surface area (Å²) in [6.07, 6.45) is 9.46. The summed E-state index contributed by atoms with van der Waals surface area (Å²) < 4.78 is 17.3. The minimum absolute atomic E-state index is 0.0541. The Bertz CT molecular complexity index is 656. The molecule has 2 bridgehead atoms. The number of rotatable bonds is 2. The second-order valence-electron chi connectivity index (χ2n) is 8.99. The number of hydrogen-bond donors (Lipinski definition) is 2. The summed E-state index contributed by atoms with van der Waals surface area (Å²) in [6, 6.07) is 0. The second-order valence-corrected chi connectivity index (χ2v) is 8.99. The number of aliphatic hydroxyl groups is 2. The van der Waals surface area contributed by atoms with Crippen molar-refractivity contribution in [3.05, 3.63) is 36.5 Å². The van der Waals surface area contributed by atoms with Crippen LogP contribution in [0.2, 0.25) is 0 Å². The molecule has 3 aliphatic heterocycles. The Morgan fingerprint density at radius 2 is 2.00 bits per heavy atom. The van der Waals surface area contributed by atoms with Crippen molar-refractivity contribution in [3.63, 3.8) is 0 Å². The summed E-state index contributed by atoms with van der Waals surface area (Å²) in [6.45, 7) is 8.19. The van der Waals surface area contributed by atoms with Gasteiger partial charge in [-0.2, -0.15) is 0 Å². The first-order valence-corrected chi connectivity index (χ1v) is 11.2. The molecule has 2 N–H and O–H groups in total. The van der Waals surface area contributed by atoms with Crippen molar-refractivity contribution in [3.8, 4) is 0 Å². The van der Waals surface area contributed by atoms with Crippen LogP contribution < -0.4 is 0 Å². The van der Waals surface area contributed by atoms with Gasteiger partial charge < -0.3 is 24.4 Å². The molecule has 30 heavy (non-hydrogen) atoms. The van der Waals surface area contributed by atoms with Crippen molar-refractivity contribution >= 4 is 5.97 Å². The summed E-state index contributed by atoms with van der Waals surface area (Å²) in [4.78, 5) is 12.3. The van der Waals surface area contributed by atoms with Gasteiger partial charge in [-0.25, -0.2) is 4.79 Å². The number of fused-ring (bicyclic) bond motifs is 3. The van der Waals surface area contributed by atoms with Gasteiger partial charge in [0.2, 0.25) is 0 Å². The van der Waals surface area contributed by atoms with E-state index in [0.29, 0.717) is 31.6 Å². The Hall–Kier alpha value is -1.47. The Kier molecular flexibility index (Phi) is 8.28. The molecule has 3 heterocycles. The van der Waals surface area contributed by atoms with Crippen LogP contribution in [-0.2, 0) is 19.0 Å². The maximum atomic E-state index is 12.3. The molecule has 0 spiro atoms. The predicted octanol–water partition coefficient (Wildman–Crippen LogP) is 3.22. The van der Waals surface area contributed by atoms with Crippen LogP contribution in [0.25, 0.3) is 0 Å². The first-order chi connectivity index (χ1) is 14.4. The molecule has 0 aromatic heterocycles. The largest absolute Gasteiger partial charge is 0.456 e. The number of esters is 1. The number of ether oxygens (including phenoxy) is 3. The van der Waals surface area contributed by atoms with Gasteiger partial charge in [0.25, 0.3) is 0 Å². The number of hydrogen-bond acceptors (Lipinski definition) is 6. The van der Waals surface area contributed by atoms with Crippen LogP contribution in [0.5, 0.6) is 0 Å². The number of cyclic esters (lactones) is 1. The van der Waals surface area contributed by atoms with Gasteiger partial charge in [-0.15, -0.1) is 0 Å². The third-order valence-corrected chi connectivity index (χ3v) is 6.12. The zero-order valence-electron chi connectivity index (χ0n) is 18.1. The van der Waals surface area contributed by atoms with Gasteiger partial charge in [0.1, 0.15) is 12.2 Å². The molecule has 8 atom stereocenters. The van der Waals surface area contributed by atoms with E-state index in [9.17, 15) is 15.0 Å². The van der Waals surface area contributed by atoms with Crippen molar-refractivity contribution < 1.29 is 29.2 Å². The molecule has 0 radical (unpaired) electrons. The summed E-state index contributed by atoms with van der Waals surface area (Å²) >= 11 is 0. The fourth-order valence-corrected chi connectivity index (χ4v) is 4.48. The van der Waals surface area contributed by atoms with E-state index in [1.807, 2.05) is 13.0 Å². The molecule has 1 saturated heterocycles. The van der Waals surface area contributed by atoms with E-state index in [1.165, 1.54) is 6.08 Å². The average Bonchev–Trinajstić information content (AvgIpc) is 3.45. The lowest BCUT2D eigenvalue weighted by atomic mass is 9.91. The van der Waals surface area contributed by atoms with Gasteiger partial charge in [-0.05, 0) is 44.4 Å². The standard InChI is InChI=1S/C24H36O6/c1-4-19(25)21-14-22-24(30-22)20(26)13-16(3)11-15(2)12-18-9-5-7-17(28-18)8-6-10-23(27)29-21/h5-7,10,15,17-22,24-26H,3-4,8-9,11-14H2,1-2H3/b10-6-/t15-,17-,18-,19-,20-,21-,22-,24-/m0/s1. The highest BCUT2D eigenvalue weighted by Gasteiger charge is 2.46. The first-order valence-electron chi connectivity index (χ1n) is 11.2. The van der Waals surface area contributed by atoms with Crippen molar-refractivity contribution in [2.24, 2.45) is 5.92 Å². The highest BCUT2D eigenvalue weighted by molar-refractivity contribution is 5.82. The van der Waals surface area contributed by atoms with Gasteiger partial charge in [0, 0.05) is 12.5 Å². The third-order valence-electron chi connectivity index (χ3n) is 6.12. The molecular formula is C24H36O6. The van der Waals surface area contributed by atoms with E-state index < -0.39 is 24.3 Å². The normalized spacial score (nSPS) is 40.5. The quantitative estimate of drug-likeness (QED) is 0.405. The third kappa shape index (κ3) is 6.77. The molecule has 0 saturated carbocycles. The minimum atomic E-state index is -0.767. The van der Waals surface area contributed by atoms with Crippen molar-refractivity contribution in [1.82, 2.24) is 0 Å². The molecule has 0 aromatic rings. The van der Waals surface area contributed by atoms with E-state index in [1.54, 1.807) is 6.08 Å². The fraction of sp³-hybridized carbons (Fsp3) is 0.708. The molecule has 3 aliphatic rings. The number of epoxide rings is 1.